The summed E-state index contributed by atoms with van der Waals surface area (Å²) in [4.78, 5) is 11.9. The number of hydrogen-bond acceptors (Lipinski definition) is 2. The lowest BCUT2D eigenvalue weighted by Gasteiger charge is -2.13. The maximum Gasteiger partial charge on any atom is 0.225 e. The predicted molar refractivity (Wildman–Crippen MR) is 77.4 cm³/mol. The Labute approximate surface area is 115 Å². The minimum absolute atomic E-state index is 0. The van der Waals surface area contributed by atoms with Crippen molar-refractivity contribution in [1.82, 2.24) is 5.32 Å². The van der Waals surface area contributed by atoms with Crippen molar-refractivity contribution >= 4 is 24.0 Å². The molecule has 0 aromatic heterocycles. The van der Waals surface area contributed by atoms with Crippen LogP contribution in [0.3, 0.4) is 0 Å². The quantitative estimate of drug-likeness (QED) is 0.885. The van der Waals surface area contributed by atoms with Gasteiger partial charge in [-0.1, -0.05) is 18.2 Å². The SMILES string of the molecule is Cc1cccc(C)c1NC(=O)CC1CCCN1.Cl. The number of para-hydroxylation sites is 1. The molecule has 1 saturated heterocycles. The van der Waals surface area contributed by atoms with E-state index in [0.717, 1.165) is 29.8 Å². The van der Waals surface area contributed by atoms with Crippen molar-refractivity contribution in [3.63, 3.8) is 0 Å². The number of amides is 1. The summed E-state index contributed by atoms with van der Waals surface area (Å²) in [5.41, 5.74) is 3.21. The molecule has 1 aliphatic heterocycles. The van der Waals surface area contributed by atoms with Gasteiger partial charge in [0.15, 0.2) is 0 Å². The number of aryl methyl sites for hydroxylation is 2. The zero-order valence-corrected chi connectivity index (χ0v) is 11.8. The Morgan fingerprint density at radius 1 is 1.39 bits per heavy atom. The van der Waals surface area contributed by atoms with Crippen molar-refractivity contribution in [2.24, 2.45) is 0 Å². The van der Waals surface area contributed by atoms with Crippen LogP contribution in [-0.4, -0.2) is 18.5 Å². The first-order chi connectivity index (χ1) is 8.16. The van der Waals surface area contributed by atoms with Gasteiger partial charge in [0.2, 0.25) is 5.91 Å². The first-order valence-electron chi connectivity index (χ1n) is 6.26. The monoisotopic (exact) mass is 268 g/mol. The normalized spacial score (nSPS) is 18.2. The van der Waals surface area contributed by atoms with Crippen LogP contribution in [0.5, 0.6) is 0 Å². The molecular weight excluding hydrogens is 248 g/mol. The first-order valence-corrected chi connectivity index (χ1v) is 6.26. The Bertz CT molecular complexity index is 394. The average Bonchev–Trinajstić information content (AvgIpc) is 2.76. The molecular formula is C14H21ClN2O. The maximum absolute atomic E-state index is 11.9. The van der Waals surface area contributed by atoms with E-state index >= 15 is 0 Å². The van der Waals surface area contributed by atoms with Gasteiger partial charge in [0.1, 0.15) is 0 Å². The van der Waals surface area contributed by atoms with Crippen LogP contribution in [0.15, 0.2) is 18.2 Å². The summed E-state index contributed by atoms with van der Waals surface area (Å²) in [6, 6.07) is 6.42. The number of anilines is 1. The third-order valence-electron chi connectivity index (χ3n) is 3.34. The van der Waals surface area contributed by atoms with Gasteiger partial charge in [-0.15, -0.1) is 12.4 Å². The highest BCUT2D eigenvalue weighted by atomic mass is 35.5. The van der Waals surface area contributed by atoms with Crippen molar-refractivity contribution in [2.75, 3.05) is 11.9 Å². The van der Waals surface area contributed by atoms with E-state index in [1.54, 1.807) is 0 Å². The molecule has 1 fully saturated rings. The number of hydrogen-bond donors (Lipinski definition) is 2. The number of rotatable bonds is 3. The number of carbonyl (C=O) groups is 1. The summed E-state index contributed by atoms with van der Waals surface area (Å²) in [6.45, 7) is 5.09. The van der Waals surface area contributed by atoms with Gasteiger partial charge in [0.25, 0.3) is 0 Å². The summed E-state index contributed by atoms with van der Waals surface area (Å²) < 4.78 is 0. The molecule has 0 aliphatic carbocycles. The van der Waals surface area contributed by atoms with Crippen LogP contribution in [0.25, 0.3) is 0 Å². The molecule has 100 valence electrons. The van der Waals surface area contributed by atoms with Crippen LogP contribution >= 0.6 is 12.4 Å². The molecule has 1 aromatic carbocycles. The molecule has 1 amide bonds. The van der Waals surface area contributed by atoms with Crippen LogP contribution in [0.1, 0.15) is 30.4 Å². The molecule has 1 atom stereocenters. The molecule has 1 unspecified atom stereocenters. The number of halogens is 1. The van der Waals surface area contributed by atoms with Crippen LogP contribution in [-0.2, 0) is 4.79 Å². The van der Waals surface area contributed by atoms with E-state index in [1.807, 2.05) is 32.0 Å². The average molecular weight is 269 g/mol. The summed E-state index contributed by atoms with van der Waals surface area (Å²) in [5.74, 6) is 0.113. The van der Waals surface area contributed by atoms with Crippen molar-refractivity contribution in [3.05, 3.63) is 29.3 Å². The molecule has 18 heavy (non-hydrogen) atoms. The van der Waals surface area contributed by atoms with Crippen molar-refractivity contribution in [3.8, 4) is 0 Å². The second-order valence-corrected chi connectivity index (χ2v) is 4.81. The fraction of sp³-hybridized carbons (Fsp3) is 0.500. The van der Waals surface area contributed by atoms with Crippen molar-refractivity contribution in [2.45, 2.75) is 39.2 Å². The fourth-order valence-electron chi connectivity index (χ4n) is 2.36. The molecule has 3 nitrogen and oxygen atoms in total. The highest BCUT2D eigenvalue weighted by Gasteiger charge is 2.18. The van der Waals surface area contributed by atoms with Gasteiger partial charge in [0.05, 0.1) is 0 Å². The van der Waals surface area contributed by atoms with E-state index in [4.69, 9.17) is 0 Å². The minimum atomic E-state index is 0. The van der Waals surface area contributed by atoms with E-state index in [0.29, 0.717) is 12.5 Å². The smallest absolute Gasteiger partial charge is 0.225 e. The molecule has 4 heteroatoms. The zero-order valence-electron chi connectivity index (χ0n) is 11.0. The maximum atomic E-state index is 11.9. The Hall–Kier alpha value is -1.06. The lowest BCUT2D eigenvalue weighted by Crippen LogP contribution is -2.27. The Morgan fingerprint density at radius 2 is 2.06 bits per heavy atom. The van der Waals surface area contributed by atoms with E-state index in [2.05, 4.69) is 10.6 Å². The summed E-state index contributed by atoms with van der Waals surface area (Å²) in [6.07, 6.45) is 2.87. The Kier molecular flexibility index (Phi) is 5.63. The predicted octanol–water partition coefficient (Wildman–Crippen LogP) is 2.81. The van der Waals surface area contributed by atoms with Gasteiger partial charge >= 0.3 is 0 Å². The summed E-state index contributed by atoms with van der Waals surface area (Å²) >= 11 is 0. The molecule has 0 bridgehead atoms. The van der Waals surface area contributed by atoms with Gasteiger partial charge in [-0.05, 0) is 44.4 Å². The molecule has 2 N–H and O–H groups in total. The highest BCUT2D eigenvalue weighted by molar-refractivity contribution is 5.92. The van der Waals surface area contributed by atoms with Crippen molar-refractivity contribution < 1.29 is 4.79 Å². The van der Waals surface area contributed by atoms with Gasteiger partial charge < -0.3 is 10.6 Å². The summed E-state index contributed by atoms with van der Waals surface area (Å²) in [5, 5.41) is 6.37. The molecule has 0 saturated carbocycles. The van der Waals surface area contributed by atoms with Crippen LogP contribution in [0.4, 0.5) is 5.69 Å². The molecule has 0 spiro atoms. The van der Waals surface area contributed by atoms with E-state index in [9.17, 15) is 4.79 Å². The third kappa shape index (κ3) is 3.72. The fourth-order valence-corrected chi connectivity index (χ4v) is 2.36. The van der Waals surface area contributed by atoms with Gasteiger partial charge in [0, 0.05) is 18.2 Å². The van der Waals surface area contributed by atoms with E-state index in [1.165, 1.54) is 6.42 Å². The van der Waals surface area contributed by atoms with Gasteiger partial charge in [-0.25, -0.2) is 0 Å². The van der Waals surface area contributed by atoms with E-state index < -0.39 is 0 Å². The summed E-state index contributed by atoms with van der Waals surface area (Å²) in [7, 11) is 0. The molecule has 1 aliphatic rings. The lowest BCUT2D eigenvalue weighted by molar-refractivity contribution is -0.116. The number of carbonyl (C=O) groups excluding carboxylic acids is 1. The number of benzene rings is 1. The van der Waals surface area contributed by atoms with Gasteiger partial charge in [-0.3, -0.25) is 4.79 Å². The Morgan fingerprint density at radius 3 is 2.61 bits per heavy atom. The van der Waals surface area contributed by atoms with Crippen LogP contribution in [0.2, 0.25) is 0 Å². The lowest BCUT2D eigenvalue weighted by atomic mass is 10.1. The standard InChI is InChI=1S/C14H20N2O.ClH/c1-10-5-3-6-11(2)14(10)16-13(17)9-12-7-4-8-15-12;/h3,5-6,12,15H,4,7-9H2,1-2H3,(H,16,17);1H. The number of nitrogens with one attached hydrogen (secondary N) is 2. The molecule has 1 heterocycles. The van der Waals surface area contributed by atoms with Crippen LogP contribution in [0, 0.1) is 13.8 Å². The zero-order chi connectivity index (χ0) is 12.3. The topological polar surface area (TPSA) is 41.1 Å². The Balaban J connectivity index is 0.00000162. The minimum Gasteiger partial charge on any atom is -0.326 e. The second-order valence-electron chi connectivity index (χ2n) is 4.81. The highest BCUT2D eigenvalue weighted by Crippen LogP contribution is 2.20. The van der Waals surface area contributed by atoms with Gasteiger partial charge in [-0.2, -0.15) is 0 Å². The largest absolute Gasteiger partial charge is 0.326 e. The first kappa shape index (κ1) is 15.0. The second kappa shape index (κ2) is 6.76. The van der Waals surface area contributed by atoms with Crippen molar-refractivity contribution in [1.29, 1.82) is 0 Å². The molecule has 1 aromatic rings. The molecule has 2 rings (SSSR count). The van der Waals surface area contributed by atoms with E-state index in [-0.39, 0.29) is 18.3 Å². The third-order valence-corrected chi connectivity index (χ3v) is 3.34. The molecule has 0 radical (unpaired) electrons. The van der Waals surface area contributed by atoms with Crippen LogP contribution < -0.4 is 10.6 Å².